The van der Waals surface area contributed by atoms with Gasteiger partial charge in [-0.2, -0.15) is 0 Å². The fourth-order valence-electron chi connectivity index (χ4n) is 5.67. The molecule has 0 bridgehead atoms. The Morgan fingerprint density at radius 2 is 1.26 bits per heavy atom. The molecule has 3 aromatic carbocycles. The molecule has 0 unspecified atom stereocenters. The molecule has 4 heteroatoms. The molecule has 2 aliphatic heterocycles. The van der Waals surface area contributed by atoms with Gasteiger partial charge in [0.25, 0.3) is 0 Å². The molecule has 2 saturated heterocycles. The summed E-state index contributed by atoms with van der Waals surface area (Å²) in [6.07, 6.45) is 4.83. The van der Waals surface area contributed by atoms with Gasteiger partial charge in [0.15, 0.2) is 0 Å². The second kappa shape index (κ2) is 12.5. The first-order valence-corrected chi connectivity index (χ1v) is 13.2. The highest BCUT2D eigenvalue weighted by Gasteiger charge is 2.45. The van der Waals surface area contributed by atoms with E-state index in [0.29, 0.717) is 25.3 Å². The van der Waals surface area contributed by atoms with E-state index < -0.39 is 0 Å². The van der Waals surface area contributed by atoms with E-state index in [1.165, 1.54) is 16.7 Å². The fourth-order valence-corrected chi connectivity index (χ4v) is 5.67. The average molecular weight is 471 g/mol. The topological polar surface area (TPSA) is 33.7 Å². The van der Waals surface area contributed by atoms with Gasteiger partial charge in [0.2, 0.25) is 0 Å². The zero-order valence-electron chi connectivity index (χ0n) is 20.6. The molecule has 0 amide bonds. The minimum absolute atomic E-state index is 0.206. The first-order chi connectivity index (χ1) is 17.4. The Hall–Kier alpha value is -2.50. The molecule has 1 N–H and O–H groups in total. The van der Waals surface area contributed by atoms with Crippen molar-refractivity contribution in [1.82, 2.24) is 10.2 Å². The Balaban J connectivity index is 1.25. The summed E-state index contributed by atoms with van der Waals surface area (Å²) >= 11 is 0. The molecule has 0 radical (unpaired) electrons. The lowest BCUT2D eigenvalue weighted by Gasteiger charge is -2.36. The molecule has 0 aromatic heterocycles. The number of likely N-dealkylation sites (tertiary alicyclic amines) is 1. The van der Waals surface area contributed by atoms with E-state index in [1.807, 2.05) is 0 Å². The molecular formula is C31H38N2O2. The van der Waals surface area contributed by atoms with Gasteiger partial charge in [-0.3, -0.25) is 4.90 Å². The van der Waals surface area contributed by atoms with E-state index in [1.54, 1.807) is 0 Å². The molecule has 2 aliphatic rings. The fraction of sp³-hybridized carbons (Fsp3) is 0.419. The van der Waals surface area contributed by atoms with Gasteiger partial charge >= 0.3 is 0 Å². The monoisotopic (exact) mass is 470 g/mol. The summed E-state index contributed by atoms with van der Waals surface area (Å²) in [5, 5.41) is 3.80. The summed E-state index contributed by atoms with van der Waals surface area (Å²) in [6, 6.07) is 32.5. The molecule has 5 rings (SSSR count). The maximum Gasteiger partial charge on any atom is 0.0763 e. The van der Waals surface area contributed by atoms with Crippen molar-refractivity contribution >= 4 is 0 Å². The molecule has 0 spiro atoms. The number of benzene rings is 3. The van der Waals surface area contributed by atoms with Crippen LogP contribution in [0, 0.1) is 0 Å². The van der Waals surface area contributed by atoms with Gasteiger partial charge in [-0.25, -0.2) is 0 Å². The number of ether oxygens (including phenoxy) is 2. The third-order valence-corrected chi connectivity index (χ3v) is 7.45. The van der Waals surface area contributed by atoms with Crippen LogP contribution in [-0.2, 0) is 29.1 Å². The van der Waals surface area contributed by atoms with Crippen LogP contribution in [-0.4, -0.2) is 48.8 Å². The van der Waals surface area contributed by atoms with Crippen molar-refractivity contribution in [3.63, 3.8) is 0 Å². The minimum atomic E-state index is 0.206. The average Bonchev–Trinajstić information content (AvgIpc) is 3.54. The SMILES string of the molecule is c1ccc(CCCN2CC[C@@H](OCc3ccccc3)[C@@H]2[C@@H]2NCC[C@H]2OCc2ccccc2)cc1. The second-order valence-electron chi connectivity index (χ2n) is 9.84. The first-order valence-electron chi connectivity index (χ1n) is 13.2. The van der Waals surface area contributed by atoms with Crippen molar-refractivity contribution in [1.29, 1.82) is 0 Å². The Labute approximate surface area is 210 Å². The lowest BCUT2D eigenvalue weighted by molar-refractivity contribution is -0.0317. The minimum Gasteiger partial charge on any atom is -0.372 e. The van der Waals surface area contributed by atoms with Crippen LogP contribution in [0.5, 0.6) is 0 Å². The van der Waals surface area contributed by atoms with Crippen LogP contribution < -0.4 is 5.32 Å². The van der Waals surface area contributed by atoms with Gasteiger partial charge in [0.05, 0.1) is 37.5 Å². The quantitative estimate of drug-likeness (QED) is 0.416. The van der Waals surface area contributed by atoms with Crippen molar-refractivity contribution < 1.29 is 9.47 Å². The van der Waals surface area contributed by atoms with Gasteiger partial charge in [-0.05, 0) is 55.5 Å². The van der Waals surface area contributed by atoms with Crippen LogP contribution in [0.4, 0.5) is 0 Å². The van der Waals surface area contributed by atoms with Crippen LogP contribution in [0.1, 0.15) is 36.0 Å². The van der Waals surface area contributed by atoms with Crippen molar-refractivity contribution in [3.05, 3.63) is 108 Å². The molecule has 4 atom stereocenters. The summed E-state index contributed by atoms with van der Waals surface area (Å²) in [5.74, 6) is 0. The Bertz CT molecular complexity index is 998. The molecule has 184 valence electrons. The lowest BCUT2D eigenvalue weighted by Crippen LogP contribution is -2.54. The summed E-state index contributed by atoms with van der Waals surface area (Å²) in [4.78, 5) is 2.67. The highest BCUT2D eigenvalue weighted by atomic mass is 16.5. The molecule has 0 saturated carbocycles. The van der Waals surface area contributed by atoms with Crippen molar-refractivity contribution in [2.45, 2.75) is 63.2 Å². The number of hydrogen-bond donors (Lipinski definition) is 1. The standard InChI is InChI=1S/C31H38N2O2/c1-4-11-25(12-5-1)17-10-21-33-22-19-29(35-24-27-15-8-3-9-16-27)31(33)30-28(18-20-32-30)34-23-26-13-6-2-7-14-26/h1-9,11-16,28-32H,10,17-24H2/t28-,29-,30-,31-/m1/s1. The maximum absolute atomic E-state index is 6.58. The van der Waals surface area contributed by atoms with Crippen LogP contribution in [0.25, 0.3) is 0 Å². The predicted molar refractivity (Wildman–Crippen MR) is 141 cm³/mol. The van der Waals surface area contributed by atoms with E-state index in [0.717, 1.165) is 45.3 Å². The summed E-state index contributed by atoms with van der Waals surface area (Å²) in [5.41, 5.74) is 3.90. The number of nitrogens with one attached hydrogen (secondary N) is 1. The first kappa shape index (κ1) is 24.2. The predicted octanol–water partition coefficient (Wildman–Crippen LogP) is 5.23. The van der Waals surface area contributed by atoms with Crippen LogP contribution in [0.2, 0.25) is 0 Å². The Kier molecular flexibility index (Phi) is 8.62. The lowest BCUT2D eigenvalue weighted by atomic mass is 9.98. The summed E-state index contributed by atoms with van der Waals surface area (Å²) in [7, 11) is 0. The number of rotatable bonds is 11. The van der Waals surface area contributed by atoms with Crippen LogP contribution in [0.3, 0.4) is 0 Å². The third kappa shape index (κ3) is 6.59. The van der Waals surface area contributed by atoms with E-state index in [-0.39, 0.29) is 12.2 Å². The number of hydrogen-bond acceptors (Lipinski definition) is 4. The number of nitrogens with zero attached hydrogens (tertiary/aromatic N) is 1. The van der Waals surface area contributed by atoms with Crippen molar-refractivity contribution in [2.24, 2.45) is 0 Å². The zero-order chi connectivity index (χ0) is 23.7. The normalized spacial score (nSPS) is 24.7. The van der Waals surface area contributed by atoms with Gasteiger partial charge in [0.1, 0.15) is 0 Å². The molecule has 35 heavy (non-hydrogen) atoms. The van der Waals surface area contributed by atoms with Gasteiger partial charge in [-0.15, -0.1) is 0 Å². The van der Waals surface area contributed by atoms with Gasteiger partial charge < -0.3 is 14.8 Å². The van der Waals surface area contributed by atoms with Crippen molar-refractivity contribution in [2.75, 3.05) is 19.6 Å². The maximum atomic E-state index is 6.58. The smallest absolute Gasteiger partial charge is 0.0763 e. The van der Waals surface area contributed by atoms with E-state index in [4.69, 9.17) is 9.47 Å². The van der Waals surface area contributed by atoms with E-state index >= 15 is 0 Å². The highest BCUT2D eigenvalue weighted by molar-refractivity contribution is 5.16. The molecule has 0 aliphatic carbocycles. The number of aryl methyl sites for hydroxylation is 1. The van der Waals surface area contributed by atoms with E-state index in [9.17, 15) is 0 Å². The Morgan fingerprint density at radius 3 is 1.89 bits per heavy atom. The molecule has 2 heterocycles. The molecule has 4 nitrogen and oxygen atoms in total. The molecule has 3 aromatic rings. The molecular weight excluding hydrogens is 432 g/mol. The van der Waals surface area contributed by atoms with Crippen LogP contribution in [0.15, 0.2) is 91.0 Å². The summed E-state index contributed by atoms with van der Waals surface area (Å²) in [6.45, 7) is 4.52. The van der Waals surface area contributed by atoms with Gasteiger partial charge in [-0.1, -0.05) is 91.0 Å². The largest absolute Gasteiger partial charge is 0.372 e. The van der Waals surface area contributed by atoms with E-state index in [2.05, 4.69) is 101 Å². The second-order valence-corrected chi connectivity index (χ2v) is 9.84. The van der Waals surface area contributed by atoms with Crippen LogP contribution >= 0.6 is 0 Å². The van der Waals surface area contributed by atoms with Crippen molar-refractivity contribution in [3.8, 4) is 0 Å². The third-order valence-electron chi connectivity index (χ3n) is 7.45. The molecule has 2 fully saturated rings. The summed E-state index contributed by atoms with van der Waals surface area (Å²) < 4.78 is 13.1. The van der Waals surface area contributed by atoms with Gasteiger partial charge in [0, 0.05) is 6.54 Å². The Morgan fingerprint density at radius 1 is 0.686 bits per heavy atom. The zero-order valence-corrected chi connectivity index (χ0v) is 20.6. The highest BCUT2D eigenvalue weighted by Crippen LogP contribution is 2.30.